The van der Waals surface area contributed by atoms with Crippen LogP contribution in [0.4, 0.5) is 0 Å². The predicted molar refractivity (Wildman–Crippen MR) is 43.3 cm³/mol. The molecule has 0 aromatic rings. The smallest absolute Gasteiger partial charge is 0.166 e. The van der Waals surface area contributed by atoms with E-state index in [9.17, 15) is 0 Å². The van der Waals surface area contributed by atoms with Gasteiger partial charge in [-0.3, -0.25) is 0 Å². The van der Waals surface area contributed by atoms with Crippen LogP contribution in [0.1, 0.15) is 13.3 Å². The minimum absolute atomic E-state index is 0.275. The molecule has 1 fully saturated rings. The van der Waals surface area contributed by atoms with E-state index in [-0.39, 0.29) is 5.79 Å². The number of hydrogen-bond acceptors (Lipinski definition) is 3. The highest BCUT2D eigenvalue weighted by molar-refractivity contribution is 7.98. The lowest BCUT2D eigenvalue weighted by Crippen LogP contribution is -2.25. The minimum atomic E-state index is -0.275. The Morgan fingerprint density at radius 1 is 1.40 bits per heavy atom. The van der Waals surface area contributed by atoms with Crippen LogP contribution >= 0.6 is 11.8 Å². The summed E-state index contributed by atoms with van der Waals surface area (Å²) < 4.78 is 10.8. The average molecular weight is 162 g/mol. The second kappa shape index (κ2) is 3.60. The fourth-order valence-corrected chi connectivity index (χ4v) is 1.56. The maximum atomic E-state index is 5.41. The van der Waals surface area contributed by atoms with Gasteiger partial charge in [-0.1, -0.05) is 0 Å². The topological polar surface area (TPSA) is 18.5 Å². The van der Waals surface area contributed by atoms with Gasteiger partial charge in [0.2, 0.25) is 0 Å². The molecule has 0 aliphatic carbocycles. The van der Waals surface area contributed by atoms with Crippen molar-refractivity contribution in [1.29, 1.82) is 0 Å². The first-order valence-electron chi connectivity index (χ1n) is 3.54. The van der Waals surface area contributed by atoms with Crippen molar-refractivity contribution in [2.45, 2.75) is 19.1 Å². The van der Waals surface area contributed by atoms with E-state index in [2.05, 4.69) is 6.26 Å². The molecule has 0 amide bonds. The van der Waals surface area contributed by atoms with E-state index in [0.717, 1.165) is 25.4 Å². The van der Waals surface area contributed by atoms with E-state index >= 15 is 0 Å². The van der Waals surface area contributed by atoms with Gasteiger partial charge in [0.15, 0.2) is 5.79 Å². The highest BCUT2D eigenvalue weighted by Gasteiger charge is 2.29. The van der Waals surface area contributed by atoms with Gasteiger partial charge in [-0.15, -0.1) is 0 Å². The normalized spacial score (nSPS) is 23.4. The Balaban J connectivity index is 2.22. The van der Waals surface area contributed by atoms with Gasteiger partial charge in [0, 0.05) is 6.42 Å². The zero-order valence-electron chi connectivity index (χ0n) is 6.55. The summed E-state index contributed by atoms with van der Waals surface area (Å²) in [6, 6.07) is 0. The Morgan fingerprint density at radius 3 is 2.50 bits per heavy atom. The highest BCUT2D eigenvalue weighted by atomic mass is 32.2. The molecule has 0 aromatic carbocycles. The number of rotatable bonds is 3. The molecule has 0 spiro atoms. The van der Waals surface area contributed by atoms with E-state index in [4.69, 9.17) is 9.47 Å². The Bertz CT molecular complexity index is 99.8. The van der Waals surface area contributed by atoms with E-state index < -0.39 is 0 Å². The molecule has 0 atom stereocenters. The number of thioether (sulfide) groups is 1. The Morgan fingerprint density at radius 2 is 2.00 bits per heavy atom. The monoisotopic (exact) mass is 162 g/mol. The van der Waals surface area contributed by atoms with Crippen molar-refractivity contribution < 1.29 is 9.47 Å². The fourth-order valence-electron chi connectivity index (χ4n) is 0.989. The fraction of sp³-hybridized carbons (Fsp3) is 1.00. The predicted octanol–water partition coefficient (Wildman–Crippen LogP) is 1.50. The molecule has 0 radical (unpaired) electrons. The van der Waals surface area contributed by atoms with Crippen molar-refractivity contribution in [1.82, 2.24) is 0 Å². The molecule has 10 heavy (non-hydrogen) atoms. The lowest BCUT2D eigenvalue weighted by molar-refractivity contribution is -0.142. The van der Waals surface area contributed by atoms with Crippen molar-refractivity contribution in [3.8, 4) is 0 Å². The molecule has 0 N–H and O–H groups in total. The summed E-state index contributed by atoms with van der Waals surface area (Å²) in [5, 5.41) is 0. The first-order chi connectivity index (χ1) is 4.77. The summed E-state index contributed by atoms with van der Waals surface area (Å²) in [7, 11) is 0. The quantitative estimate of drug-likeness (QED) is 0.626. The first kappa shape index (κ1) is 8.37. The molecular formula is C7H14O2S. The summed E-state index contributed by atoms with van der Waals surface area (Å²) >= 11 is 1.83. The maximum absolute atomic E-state index is 5.41. The van der Waals surface area contributed by atoms with Crippen LogP contribution in [0.5, 0.6) is 0 Å². The van der Waals surface area contributed by atoms with Crippen LogP contribution in [-0.2, 0) is 9.47 Å². The highest BCUT2D eigenvalue weighted by Crippen LogP contribution is 2.23. The third-order valence-electron chi connectivity index (χ3n) is 1.66. The molecule has 0 saturated carbocycles. The number of hydrogen-bond donors (Lipinski definition) is 0. The molecule has 1 saturated heterocycles. The van der Waals surface area contributed by atoms with E-state index in [1.807, 2.05) is 18.7 Å². The van der Waals surface area contributed by atoms with Crippen LogP contribution in [0.3, 0.4) is 0 Å². The average Bonchev–Trinajstić information content (AvgIpc) is 2.33. The summed E-state index contributed by atoms with van der Waals surface area (Å²) in [5.41, 5.74) is 0. The minimum Gasteiger partial charge on any atom is -0.348 e. The van der Waals surface area contributed by atoms with Gasteiger partial charge in [0.25, 0.3) is 0 Å². The summed E-state index contributed by atoms with van der Waals surface area (Å²) in [4.78, 5) is 0. The lowest BCUT2D eigenvalue weighted by atomic mass is 10.2. The van der Waals surface area contributed by atoms with Crippen molar-refractivity contribution in [3.05, 3.63) is 0 Å². The molecule has 0 unspecified atom stereocenters. The third-order valence-corrected chi connectivity index (χ3v) is 2.27. The molecule has 1 aliphatic rings. The summed E-state index contributed by atoms with van der Waals surface area (Å²) in [6.07, 6.45) is 3.09. The van der Waals surface area contributed by atoms with Crippen molar-refractivity contribution >= 4 is 11.8 Å². The number of ether oxygens (including phenoxy) is 2. The van der Waals surface area contributed by atoms with Gasteiger partial charge >= 0.3 is 0 Å². The second-order valence-electron chi connectivity index (χ2n) is 2.57. The molecule has 2 nitrogen and oxygen atoms in total. The van der Waals surface area contributed by atoms with Crippen LogP contribution in [0.2, 0.25) is 0 Å². The van der Waals surface area contributed by atoms with Gasteiger partial charge in [-0.05, 0) is 18.9 Å². The van der Waals surface area contributed by atoms with Gasteiger partial charge < -0.3 is 9.47 Å². The molecule has 1 heterocycles. The molecule has 0 bridgehead atoms. The summed E-state index contributed by atoms with van der Waals surface area (Å²) in [5.74, 6) is 0.833. The third kappa shape index (κ3) is 2.15. The zero-order chi connectivity index (χ0) is 7.45. The van der Waals surface area contributed by atoms with Crippen molar-refractivity contribution in [3.63, 3.8) is 0 Å². The standard InChI is InChI=1S/C7H14O2S/c1-7(3-6-10-2)8-4-5-9-7/h3-6H2,1-2H3. The van der Waals surface area contributed by atoms with Gasteiger partial charge in [0.05, 0.1) is 13.2 Å². The van der Waals surface area contributed by atoms with Crippen molar-refractivity contribution in [2.75, 3.05) is 25.2 Å². The Hall–Kier alpha value is 0.270. The maximum Gasteiger partial charge on any atom is 0.166 e. The largest absolute Gasteiger partial charge is 0.348 e. The zero-order valence-corrected chi connectivity index (χ0v) is 7.37. The van der Waals surface area contributed by atoms with Crippen LogP contribution in [0, 0.1) is 0 Å². The van der Waals surface area contributed by atoms with E-state index in [1.54, 1.807) is 0 Å². The lowest BCUT2D eigenvalue weighted by Gasteiger charge is -2.21. The molecule has 1 rings (SSSR count). The van der Waals surface area contributed by atoms with Gasteiger partial charge in [-0.2, -0.15) is 11.8 Å². The Kier molecular flexibility index (Phi) is 3.01. The van der Waals surface area contributed by atoms with Crippen LogP contribution in [0.25, 0.3) is 0 Å². The Labute approximate surface area is 66.3 Å². The van der Waals surface area contributed by atoms with Crippen LogP contribution in [-0.4, -0.2) is 31.0 Å². The molecule has 60 valence electrons. The van der Waals surface area contributed by atoms with Gasteiger partial charge in [-0.25, -0.2) is 0 Å². The summed E-state index contributed by atoms with van der Waals surface area (Å²) in [6.45, 7) is 3.52. The van der Waals surface area contributed by atoms with Crippen molar-refractivity contribution in [2.24, 2.45) is 0 Å². The molecule has 0 aromatic heterocycles. The molecule has 3 heteroatoms. The van der Waals surface area contributed by atoms with Crippen LogP contribution in [0.15, 0.2) is 0 Å². The second-order valence-corrected chi connectivity index (χ2v) is 3.56. The SMILES string of the molecule is CSCCC1(C)OCCO1. The first-order valence-corrected chi connectivity index (χ1v) is 4.93. The van der Waals surface area contributed by atoms with E-state index in [1.165, 1.54) is 0 Å². The van der Waals surface area contributed by atoms with Crippen LogP contribution < -0.4 is 0 Å². The van der Waals surface area contributed by atoms with E-state index in [0.29, 0.717) is 0 Å². The van der Waals surface area contributed by atoms with Gasteiger partial charge in [0.1, 0.15) is 0 Å². The molecular weight excluding hydrogens is 148 g/mol. The molecule has 1 aliphatic heterocycles.